The molecule has 0 saturated carbocycles. The van der Waals surface area contributed by atoms with Crippen LogP contribution in [-0.4, -0.2) is 12.4 Å². The Balaban J connectivity index is 2.08. The number of fused-ring (bicyclic) bond motifs is 4. The van der Waals surface area contributed by atoms with Crippen LogP contribution >= 0.6 is 0 Å². The highest BCUT2D eigenvalue weighted by atomic mass is 16.5. The molecule has 2 heteroatoms. The number of carbonyl (C=O) groups is 1. The predicted molar refractivity (Wildman–Crippen MR) is 51.9 cm³/mol. The Morgan fingerprint density at radius 2 is 2.21 bits per heavy atom. The van der Waals surface area contributed by atoms with Gasteiger partial charge in [0, 0.05) is 5.92 Å². The summed E-state index contributed by atoms with van der Waals surface area (Å²) in [5.41, 5.74) is 2.58. The topological polar surface area (TPSA) is 26.3 Å². The van der Waals surface area contributed by atoms with E-state index in [1.54, 1.807) is 0 Å². The smallest absolute Gasteiger partial charge is 0.126 e. The summed E-state index contributed by atoms with van der Waals surface area (Å²) in [7, 11) is 0. The molecule has 3 atom stereocenters. The van der Waals surface area contributed by atoms with E-state index in [4.69, 9.17) is 4.74 Å². The normalized spacial score (nSPS) is 33.9. The van der Waals surface area contributed by atoms with Crippen molar-refractivity contribution in [3.8, 4) is 0 Å². The van der Waals surface area contributed by atoms with Crippen LogP contribution in [-0.2, 0) is 16.0 Å². The number of ether oxygens (including phenoxy) is 1. The minimum atomic E-state index is 0.0300. The lowest BCUT2D eigenvalue weighted by atomic mass is 9.95. The Morgan fingerprint density at radius 1 is 1.36 bits per heavy atom. The Bertz CT molecular complexity index is 372. The van der Waals surface area contributed by atoms with Gasteiger partial charge in [0.2, 0.25) is 0 Å². The van der Waals surface area contributed by atoms with Crippen LogP contribution in [0.1, 0.15) is 23.7 Å². The van der Waals surface area contributed by atoms with E-state index in [1.807, 2.05) is 6.07 Å². The van der Waals surface area contributed by atoms with Crippen molar-refractivity contribution in [3.05, 3.63) is 35.4 Å². The summed E-state index contributed by atoms with van der Waals surface area (Å²) in [6.07, 6.45) is 3.21. The molecule has 2 nitrogen and oxygen atoms in total. The molecule has 0 amide bonds. The van der Waals surface area contributed by atoms with Crippen LogP contribution in [0.4, 0.5) is 0 Å². The van der Waals surface area contributed by atoms with Gasteiger partial charge in [-0.1, -0.05) is 24.3 Å². The fraction of sp³-hybridized carbons (Fsp3) is 0.417. The predicted octanol–water partition coefficient (Wildman–Crippen LogP) is 1.89. The van der Waals surface area contributed by atoms with Gasteiger partial charge in [0.15, 0.2) is 0 Å². The van der Waals surface area contributed by atoms with E-state index >= 15 is 0 Å². The summed E-state index contributed by atoms with van der Waals surface area (Å²) in [6.45, 7) is 0. The molecular formula is C12H12O2. The highest BCUT2D eigenvalue weighted by Gasteiger charge is 2.40. The van der Waals surface area contributed by atoms with Gasteiger partial charge in [0.05, 0.1) is 12.2 Å². The third kappa shape index (κ3) is 1.04. The zero-order valence-electron chi connectivity index (χ0n) is 7.85. The molecule has 1 unspecified atom stereocenters. The zero-order chi connectivity index (χ0) is 9.54. The van der Waals surface area contributed by atoms with Crippen LogP contribution in [0.25, 0.3) is 0 Å². The third-order valence-corrected chi connectivity index (χ3v) is 3.25. The number of hydrogen-bond acceptors (Lipinski definition) is 2. The second kappa shape index (κ2) is 2.92. The van der Waals surface area contributed by atoms with E-state index in [2.05, 4.69) is 18.2 Å². The maximum Gasteiger partial charge on any atom is 0.126 e. The van der Waals surface area contributed by atoms with E-state index in [0.717, 1.165) is 19.1 Å². The largest absolute Gasteiger partial charge is 0.369 e. The van der Waals surface area contributed by atoms with Gasteiger partial charge in [-0.25, -0.2) is 0 Å². The first-order chi connectivity index (χ1) is 6.88. The van der Waals surface area contributed by atoms with E-state index < -0.39 is 0 Å². The first-order valence-electron chi connectivity index (χ1n) is 5.07. The van der Waals surface area contributed by atoms with Crippen molar-refractivity contribution in [2.45, 2.75) is 25.0 Å². The Kier molecular flexibility index (Phi) is 1.71. The molecule has 14 heavy (non-hydrogen) atoms. The van der Waals surface area contributed by atoms with Gasteiger partial charge in [-0.2, -0.15) is 0 Å². The second-order valence-electron chi connectivity index (χ2n) is 4.12. The number of aldehydes is 1. The van der Waals surface area contributed by atoms with E-state index in [1.165, 1.54) is 11.1 Å². The highest BCUT2D eigenvalue weighted by Crippen LogP contribution is 2.43. The molecule has 1 aromatic rings. The molecule has 72 valence electrons. The molecule has 1 fully saturated rings. The van der Waals surface area contributed by atoms with Crippen LogP contribution in [0.3, 0.4) is 0 Å². The lowest BCUT2D eigenvalue weighted by Crippen LogP contribution is -2.18. The van der Waals surface area contributed by atoms with Crippen molar-refractivity contribution in [1.29, 1.82) is 0 Å². The van der Waals surface area contributed by atoms with Crippen LogP contribution in [0.2, 0.25) is 0 Å². The molecule has 2 bridgehead atoms. The minimum absolute atomic E-state index is 0.0300. The lowest BCUT2D eigenvalue weighted by Gasteiger charge is -2.24. The zero-order valence-corrected chi connectivity index (χ0v) is 7.85. The molecule has 0 N–H and O–H groups in total. The first-order valence-corrected chi connectivity index (χ1v) is 5.07. The quantitative estimate of drug-likeness (QED) is 0.629. The first kappa shape index (κ1) is 8.18. The third-order valence-electron chi connectivity index (χ3n) is 3.25. The van der Waals surface area contributed by atoms with Crippen molar-refractivity contribution < 1.29 is 9.53 Å². The molecule has 0 aromatic heterocycles. The standard InChI is InChI=1S/C12H12O2/c13-7-9-6-10-5-8-3-1-2-4-11(8)12(9)14-10/h1-4,7,9-10,12H,5-6H2/t9?,10-,12-/m1/s1. The van der Waals surface area contributed by atoms with E-state index in [9.17, 15) is 4.79 Å². The molecule has 1 saturated heterocycles. The van der Waals surface area contributed by atoms with Crippen LogP contribution < -0.4 is 0 Å². The molecule has 0 spiro atoms. The molecule has 2 aliphatic heterocycles. The van der Waals surface area contributed by atoms with Crippen molar-refractivity contribution in [1.82, 2.24) is 0 Å². The Morgan fingerprint density at radius 3 is 3.07 bits per heavy atom. The number of benzene rings is 1. The highest BCUT2D eigenvalue weighted by molar-refractivity contribution is 5.57. The minimum Gasteiger partial charge on any atom is -0.369 e. The second-order valence-corrected chi connectivity index (χ2v) is 4.12. The van der Waals surface area contributed by atoms with E-state index in [0.29, 0.717) is 0 Å². The van der Waals surface area contributed by atoms with Gasteiger partial charge >= 0.3 is 0 Å². The van der Waals surface area contributed by atoms with Gasteiger partial charge in [-0.3, -0.25) is 0 Å². The molecular weight excluding hydrogens is 176 g/mol. The fourth-order valence-electron chi connectivity index (χ4n) is 2.60. The summed E-state index contributed by atoms with van der Waals surface area (Å²) in [5, 5.41) is 0. The molecule has 2 heterocycles. The molecule has 0 radical (unpaired) electrons. The Labute approximate surface area is 82.9 Å². The maximum absolute atomic E-state index is 10.9. The van der Waals surface area contributed by atoms with Crippen molar-refractivity contribution >= 4 is 6.29 Å². The van der Waals surface area contributed by atoms with Crippen LogP contribution in [0.15, 0.2) is 24.3 Å². The fourth-order valence-corrected chi connectivity index (χ4v) is 2.60. The van der Waals surface area contributed by atoms with Crippen LogP contribution in [0, 0.1) is 5.92 Å². The summed E-state index contributed by atoms with van der Waals surface area (Å²) in [4.78, 5) is 10.9. The molecule has 1 aromatic carbocycles. The summed E-state index contributed by atoms with van der Waals surface area (Å²) < 4.78 is 5.80. The maximum atomic E-state index is 10.9. The lowest BCUT2D eigenvalue weighted by molar-refractivity contribution is -0.112. The molecule has 0 aliphatic carbocycles. The average Bonchev–Trinajstić information content (AvgIpc) is 2.56. The summed E-state index contributed by atoms with van der Waals surface area (Å²) in [5.74, 6) is 0.0728. The van der Waals surface area contributed by atoms with Gasteiger partial charge < -0.3 is 9.53 Å². The molecule has 3 rings (SSSR count). The van der Waals surface area contributed by atoms with Crippen LogP contribution in [0.5, 0.6) is 0 Å². The van der Waals surface area contributed by atoms with Gasteiger partial charge in [-0.15, -0.1) is 0 Å². The van der Waals surface area contributed by atoms with Crippen molar-refractivity contribution in [3.63, 3.8) is 0 Å². The van der Waals surface area contributed by atoms with Crippen molar-refractivity contribution in [2.75, 3.05) is 0 Å². The monoisotopic (exact) mass is 188 g/mol. The SMILES string of the molecule is O=CC1C[C@H]2Cc3ccccc3[C@@H]1O2. The number of hydrogen-bond donors (Lipinski definition) is 0. The van der Waals surface area contributed by atoms with Gasteiger partial charge in [-0.05, 0) is 24.0 Å². The van der Waals surface area contributed by atoms with Gasteiger partial charge in [0.25, 0.3) is 0 Å². The summed E-state index contributed by atoms with van der Waals surface area (Å²) >= 11 is 0. The van der Waals surface area contributed by atoms with E-state index in [-0.39, 0.29) is 18.1 Å². The van der Waals surface area contributed by atoms with Gasteiger partial charge in [0.1, 0.15) is 6.29 Å². The number of carbonyl (C=O) groups excluding carboxylic acids is 1. The number of rotatable bonds is 1. The molecule has 2 aliphatic rings. The summed E-state index contributed by atoms with van der Waals surface area (Å²) in [6, 6.07) is 8.30. The van der Waals surface area contributed by atoms with Crippen molar-refractivity contribution in [2.24, 2.45) is 5.92 Å². The Hall–Kier alpha value is -1.15. The average molecular weight is 188 g/mol.